The van der Waals surface area contributed by atoms with Crippen LogP contribution in [0, 0.1) is 0 Å². The predicted octanol–water partition coefficient (Wildman–Crippen LogP) is 1.98. The molecular weight excluding hydrogens is 220 g/mol. The fourth-order valence-electron chi connectivity index (χ4n) is 3.12. The van der Waals surface area contributed by atoms with Gasteiger partial charge in [0.05, 0.1) is 0 Å². The molecule has 0 spiro atoms. The second-order valence-electron chi connectivity index (χ2n) is 5.32. The van der Waals surface area contributed by atoms with E-state index in [9.17, 15) is 0 Å². The van der Waals surface area contributed by atoms with E-state index in [0.717, 1.165) is 0 Å². The highest BCUT2D eigenvalue weighted by Gasteiger charge is 2.58. The molecule has 0 amide bonds. The van der Waals surface area contributed by atoms with Crippen LogP contribution >= 0.6 is 0 Å². The molecule has 1 aliphatic heterocycles. The molecule has 0 bridgehead atoms. The highest BCUT2D eigenvalue weighted by atomic mass is 29.3. The smallest absolute Gasteiger partial charge is 0.173 e. The molecule has 0 saturated carbocycles. The molecule has 5 heteroatoms. The van der Waals surface area contributed by atoms with Crippen LogP contribution in [0.3, 0.4) is 0 Å². The molecule has 1 aliphatic rings. The minimum absolute atomic E-state index is 0.739. The third kappa shape index (κ3) is 1.49. The van der Waals surface area contributed by atoms with Crippen molar-refractivity contribution in [1.82, 2.24) is 8.46 Å². The Hall–Kier alpha value is 0.571. The van der Waals surface area contributed by atoms with E-state index in [-0.39, 0.29) is 0 Å². The van der Waals surface area contributed by atoms with E-state index in [2.05, 4.69) is 55.0 Å². The molecule has 0 aromatic rings. The van der Waals surface area contributed by atoms with Gasteiger partial charge in [0.2, 0.25) is 0 Å². The lowest BCUT2D eigenvalue weighted by Crippen LogP contribution is -2.63. The molecule has 0 atom stereocenters. The van der Waals surface area contributed by atoms with Crippen LogP contribution in [-0.2, 0) is 0 Å². The highest BCUT2D eigenvalue weighted by molar-refractivity contribution is 7.43. The van der Waals surface area contributed by atoms with Crippen molar-refractivity contribution in [3.05, 3.63) is 0 Å². The second kappa shape index (κ2) is 3.86. The Morgan fingerprint density at radius 3 is 1.29 bits per heavy atom. The molecular formula is C9H26N2Si3. The zero-order chi connectivity index (χ0) is 11.1. The fourth-order valence-corrected chi connectivity index (χ4v) is 30.4. The molecule has 1 heterocycles. The van der Waals surface area contributed by atoms with Gasteiger partial charge in [0.15, 0.2) is 9.12 Å². The maximum atomic E-state index is 2.93. The summed E-state index contributed by atoms with van der Waals surface area (Å²) in [7, 11) is -2.91. The van der Waals surface area contributed by atoms with Crippen LogP contribution in [0.15, 0.2) is 0 Å². The zero-order valence-corrected chi connectivity index (χ0v) is 14.0. The molecule has 1 rings (SSSR count). The van der Waals surface area contributed by atoms with Gasteiger partial charge in [-0.1, -0.05) is 40.0 Å². The van der Waals surface area contributed by atoms with E-state index in [4.69, 9.17) is 0 Å². The van der Waals surface area contributed by atoms with Crippen LogP contribution in [0.1, 0.15) is 13.8 Å². The number of nitrogens with zero attached hydrogens (tertiary/aromatic N) is 2. The van der Waals surface area contributed by atoms with E-state index in [1.807, 2.05) is 0 Å². The van der Waals surface area contributed by atoms with Gasteiger partial charge < -0.3 is 8.46 Å². The molecule has 0 N–H and O–H groups in total. The lowest BCUT2D eigenvalue weighted by atomic mass is 10.8. The van der Waals surface area contributed by atoms with Crippen LogP contribution in [0.4, 0.5) is 0 Å². The van der Waals surface area contributed by atoms with Gasteiger partial charge in [0.25, 0.3) is 0 Å². The summed E-state index contributed by atoms with van der Waals surface area (Å²) < 4.78 is 5.87. The van der Waals surface area contributed by atoms with Crippen molar-refractivity contribution in [2.75, 3.05) is 13.1 Å². The van der Waals surface area contributed by atoms with E-state index >= 15 is 0 Å². The van der Waals surface area contributed by atoms with Crippen molar-refractivity contribution < 1.29 is 0 Å². The number of hydrogen-bond acceptors (Lipinski definition) is 2. The Balaban J connectivity index is 3.08. The van der Waals surface area contributed by atoms with Crippen LogP contribution in [0.25, 0.3) is 0 Å². The topological polar surface area (TPSA) is 6.48 Å². The monoisotopic (exact) mass is 246 g/mol. The van der Waals surface area contributed by atoms with Crippen molar-refractivity contribution in [3.63, 3.8) is 0 Å². The normalized spacial score (nSPS) is 28.5. The van der Waals surface area contributed by atoms with E-state index in [1.165, 1.54) is 13.1 Å². The van der Waals surface area contributed by atoms with Gasteiger partial charge in [0, 0.05) is 0 Å². The van der Waals surface area contributed by atoms with Crippen LogP contribution in [0.2, 0.25) is 32.7 Å². The summed E-state index contributed by atoms with van der Waals surface area (Å²) in [6.07, 6.45) is 0. The minimum atomic E-state index is -1.08. The van der Waals surface area contributed by atoms with E-state index in [0.29, 0.717) is 0 Å². The quantitative estimate of drug-likeness (QED) is 0.688. The maximum Gasteiger partial charge on any atom is 0.173 e. The fraction of sp³-hybridized carbons (Fsp3) is 1.00. The van der Waals surface area contributed by atoms with Crippen LogP contribution in [-0.4, -0.2) is 46.2 Å². The van der Waals surface area contributed by atoms with Gasteiger partial charge in [-0.15, -0.1) is 0 Å². The first-order valence-electron chi connectivity index (χ1n) is 5.84. The van der Waals surface area contributed by atoms with Gasteiger partial charge >= 0.3 is 0 Å². The Labute approximate surface area is 93.0 Å². The van der Waals surface area contributed by atoms with Crippen LogP contribution < -0.4 is 0 Å². The first kappa shape index (κ1) is 12.6. The summed E-state index contributed by atoms with van der Waals surface area (Å²) in [6.45, 7) is 20.2. The zero-order valence-electron chi connectivity index (χ0n) is 10.9. The van der Waals surface area contributed by atoms with Crippen molar-refractivity contribution in [2.45, 2.75) is 46.6 Å². The molecule has 84 valence electrons. The molecule has 0 aliphatic carbocycles. The average Bonchev–Trinajstić information content (AvgIpc) is 2.16. The predicted molar refractivity (Wildman–Crippen MR) is 72.7 cm³/mol. The molecule has 14 heavy (non-hydrogen) atoms. The molecule has 0 unspecified atom stereocenters. The Morgan fingerprint density at radius 2 is 1.14 bits per heavy atom. The lowest BCUT2D eigenvalue weighted by molar-refractivity contribution is 0.604. The SMILES string of the molecule is CCN1[SiH](C)N(CC)[Si](C)(C)[Si]1(C)C. The molecule has 0 radical (unpaired) electrons. The highest BCUT2D eigenvalue weighted by Crippen LogP contribution is 2.35. The Bertz CT molecular complexity index is 196. The number of hydrogen-bond donors (Lipinski definition) is 0. The summed E-state index contributed by atoms with van der Waals surface area (Å²) in [6, 6.07) is 0. The third-order valence-corrected chi connectivity index (χ3v) is 31.9. The maximum absolute atomic E-state index is 2.93. The average molecular weight is 247 g/mol. The molecule has 0 aromatic carbocycles. The van der Waals surface area contributed by atoms with Gasteiger partial charge in [-0.25, -0.2) is 0 Å². The van der Waals surface area contributed by atoms with Gasteiger partial charge in [-0.05, 0) is 19.6 Å². The largest absolute Gasteiger partial charge is 0.338 e. The number of rotatable bonds is 2. The van der Waals surface area contributed by atoms with E-state index in [1.54, 1.807) is 0 Å². The molecule has 0 aromatic heterocycles. The van der Waals surface area contributed by atoms with Crippen molar-refractivity contribution in [1.29, 1.82) is 0 Å². The van der Waals surface area contributed by atoms with Crippen molar-refractivity contribution >= 4 is 24.6 Å². The summed E-state index contributed by atoms with van der Waals surface area (Å²) in [4.78, 5) is 0. The summed E-state index contributed by atoms with van der Waals surface area (Å²) in [5.74, 6) is 0. The van der Waals surface area contributed by atoms with Gasteiger partial charge in [-0.3, -0.25) is 0 Å². The summed E-state index contributed by atoms with van der Waals surface area (Å²) >= 11 is 0. The molecule has 1 fully saturated rings. The first-order chi connectivity index (χ1) is 6.30. The molecule has 1 saturated heterocycles. The minimum Gasteiger partial charge on any atom is -0.338 e. The Kier molecular flexibility index (Phi) is 3.48. The Morgan fingerprint density at radius 1 is 0.857 bits per heavy atom. The van der Waals surface area contributed by atoms with Gasteiger partial charge in [-0.2, -0.15) is 0 Å². The van der Waals surface area contributed by atoms with Crippen molar-refractivity contribution in [2.24, 2.45) is 0 Å². The first-order valence-corrected chi connectivity index (χ1v) is 14.9. The third-order valence-electron chi connectivity index (χ3n) is 4.52. The second-order valence-corrected chi connectivity index (χ2v) is 23.6. The van der Waals surface area contributed by atoms with Crippen molar-refractivity contribution in [3.8, 4) is 0 Å². The van der Waals surface area contributed by atoms with E-state index < -0.39 is 24.6 Å². The molecule has 2 nitrogen and oxygen atoms in total. The standard InChI is InChI=1S/C9H26N2Si3/c1-8-10-12(3)11(9-2)14(6,7)13(10,4)5/h12H,8-9H2,1-7H3. The lowest BCUT2D eigenvalue weighted by Gasteiger charge is -2.39. The van der Waals surface area contributed by atoms with Gasteiger partial charge in [0.1, 0.15) is 15.5 Å². The summed E-state index contributed by atoms with van der Waals surface area (Å²) in [5.41, 5.74) is 0. The van der Waals surface area contributed by atoms with Crippen LogP contribution in [0.5, 0.6) is 0 Å². The summed E-state index contributed by atoms with van der Waals surface area (Å²) in [5, 5.41) is 0.